The fourth-order valence-electron chi connectivity index (χ4n) is 3.09. The number of hydrogen-bond acceptors (Lipinski definition) is 6. The van der Waals surface area contributed by atoms with E-state index in [0.29, 0.717) is 18.0 Å². The minimum atomic E-state index is -0.590. The second-order valence-electron chi connectivity index (χ2n) is 6.90. The Morgan fingerprint density at radius 3 is 2.38 bits per heavy atom. The zero-order valence-electron chi connectivity index (χ0n) is 17.5. The lowest BCUT2D eigenvalue weighted by atomic mass is 10.2. The molecule has 0 aliphatic rings. The number of esters is 1. The number of carbonyl (C=O) groups is 1. The van der Waals surface area contributed by atoms with E-state index in [1.54, 1.807) is 30.5 Å². The average Bonchev–Trinajstić information content (AvgIpc) is 3.39. The molecular weight excluding hydrogens is 404 g/mol. The molecule has 0 spiro atoms. The molecule has 0 bridgehead atoms. The molecule has 4 aromatic rings. The molecule has 0 fully saturated rings. The van der Waals surface area contributed by atoms with Crippen LogP contribution < -0.4 is 14.5 Å². The van der Waals surface area contributed by atoms with Gasteiger partial charge in [-0.15, -0.1) is 0 Å². The molecule has 1 heterocycles. The highest BCUT2D eigenvalue weighted by atomic mass is 16.6. The summed E-state index contributed by atoms with van der Waals surface area (Å²) >= 11 is 0. The van der Waals surface area contributed by atoms with E-state index < -0.39 is 5.97 Å². The number of ether oxygens (including phenoxy) is 2. The number of benzene rings is 3. The predicted octanol–water partition coefficient (Wildman–Crippen LogP) is 5.55. The number of hydrazone groups is 1. The lowest BCUT2D eigenvalue weighted by molar-refractivity contribution is 0.0696. The zero-order chi connectivity index (χ0) is 22.2. The summed E-state index contributed by atoms with van der Waals surface area (Å²) in [5, 5.41) is 6.62. The highest BCUT2D eigenvalue weighted by Crippen LogP contribution is 2.28. The first kappa shape index (κ1) is 20.9. The van der Waals surface area contributed by atoms with Crippen LogP contribution in [-0.2, 0) is 6.54 Å². The minimum Gasteiger partial charge on any atom is -0.493 e. The summed E-state index contributed by atoms with van der Waals surface area (Å²) in [6.07, 6.45) is 3.16. The van der Waals surface area contributed by atoms with Gasteiger partial charge in [0.1, 0.15) is 0 Å². The minimum absolute atomic E-state index is 0.122. The Labute approximate surface area is 186 Å². The first-order chi connectivity index (χ1) is 15.7. The number of methoxy groups -OCH3 is 1. The van der Waals surface area contributed by atoms with Crippen LogP contribution in [0.1, 0.15) is 21.7 Å². The van der Waals surface area contributed by atoms with Crippen LogP contribution in [0.5, 0.6) is 11.5 Å². The number of hydrogen-bond donors (Lipinski definition) is 0. The number of anilines is 1. The van der Waals surface area contributed by atoms with Crippen LogP contribution in [0.15, 0.2) is 107 Å². The highest BCUT2D eigenvalue weighted by Gasteiger charge is 2.15. The third-order valence-electron chi connectivity index (χ3n) is 4.69. The van der Waals surface area contributed by atoms with Crippen molar-refractivity contribution in [3.63, 3.8) is 0 Å². The molecule has 0 saturated carbocycles. The molecule has 0 aliphatic heterocycles. The number of rotatable bonds is 8. The van der Waals surface area contributed by atoms with Gasteiger partial charge in [-0.3, -0.25) is 5.01 Å². The van der Waals surface area contributed by atoms with Gasteiger partial charge in [-0.25, -0.2) is 4.79 Å². The van der Waals surface area contributed by atoms with Gasteiger partial charge in [-0.2, -0.15) is 5.10 Å². The summed E-state index contributed by atoms with van der Waals surface area (Å²) in [5.41, 5.74) is 2.92. The molecule has 1 aromatic heterocycles. The molecule has 0 amide bonds. The predicted molar refractivity (Wildman–Crippen MR) is 123 cm³/mol. The Hall–Kier alpha value is -4.32. The van der Waals surface area contributed by atoms with Gasteiger partial charge in [-0.1, -0.05) is 48.5 Å². The maximum Gasteiger partial charge on any atom is 0.379 e. The standard InChI is InChI=1S/C26H22N2O4/c1-30-25-17-21(14-15-23(25)32-26(29)24-13-8-16-31-24)18-27-28(22-11-6-3-7-12-22)19-20-9-4-2-5-10-20/h2-18H,19H2,1H3/b27-18+. The molecule has 0 aliphatic carbocycles. The monoisotopic (exact) mass is 426 g/mol. The van der Waals surface area contributed by atoms with Crippen molar-refractivity contribution in [2.45, 2.75) is 6.54 Å². The Morgan fingerprint density at radius 1 is 0.938 bits per heavy atom. The van der Waals surface area contributed by atoms with Gasteiger partial charge in [0, 0.05) is 0 Å². The molecule has 0 saturated heterocycles. The Kier molecular flexibility index (Phi) is 6.63. The van der Waals surface area contributed by atoms with E-state index in [2.05, 4.69) is 12.1 Å². The molecule has 0 unspecified atom stereocenters. The molecule has 0 N–H and O–H groups in total. The molecule has 0 atom stereocenters. The van der Waals surface area contributed by atoms with Crippen LogP contribution in [0.2, 0.25) is 0 Å². The van der Waals surface area contributed by atoms with Gasteiger partial charge in [0.2, 0.25) is 5.76 Å². The third-order valence-corrected chi connectivity index (χ3v) is 4.69. The van der Waals surface area contributed by atoms with E-state index in [1.165, 1.54) is 13.4 Å². The largest absolute Gasteiger partial charge is 0.493 e. The zero-order valence-corrected chi connectivity index (χ0v) is 17.5. The number of para-hydroxylation sites is 1. The molecule has 0 radical (unpaired) electrons. The molecule has 6 heteroatoms. The lowest BCUT2D eigenvalue weighted by Crippen LogP contribution is -2.16. The maximum absolute atomic E-state index is 12.2. The van der Waals surface area contributed by atoms with E-state index in [-0.39, 0.29) is 5.76 Å². The second kappa shape index (κ2) is 10.1. The SMILES string of the molecule is COc1cc(/C=N/N(Cc2ccccc2)c2ccccc2)ccc1OC(=O)c1ccco1. The van der Waals surface area contributed by atoms with E-state index in [9.17, 15) is 4.79 Å². The Morgan fingerprint density at radius 2 is 1.69 bits per heavy atom. The number of furan rings is 1. The smallest absolute Gasteiger partial charge is 0.379 e. The third kappa shape index (κ3) is 5.23. The summed E-state index contributed by atoms with van der Waals surface area (Å²) in [4.78, 5) is 12.2. The van der Waals surface area contributed by atoms with Gasteiger partial charge in [0.25, 0.3) is 0 Å². The van der Waals surface area contributed by atoms with Gasteiger partial charge >= 0.3 is 5.97 Å². The van der Waals surface area contributed by atoms with Crippen molar-refractivity contribution >= 4 is 17.9 Å². The molecule has 4 rings (SSSR count). The van der Waals surface area contributed by atoms with Gasteiger partial charge in [0.05, 0.1) is 31.8 Å². The van der Waals surface area contributed by atoms with E-state index in [4.69, 9.17) is 19.0 Å². The number of carbonyl (C=O) groups excluding carboxylic acids is 1. The normalized spacial score (nSPS) is 10.8. The van der Waals surface area contributed by atoms with Crippen LogP contribution in [0.4, 0.5) is 5.69 Å². The first-order valence-corrected chi connectivity index (χ1v) is 10.1. The summed E-state index contributed by atoms with van der Waals surface area (Å²) < 4.78 is 15.9. The van der Waals surface area contributed by atoms with Crippen molar-refractivity contribution in [2.24, 2.45) is 5.10 Å². The van der Waals surface area contributed by atoms with Crippen LogP contribution in [-0.4, -0.2) is 19.3 Å². The fraction of sp³-hybridized carbons (Fsp3) is 0.0769. The van der Waals surface area contributed by atoms with Crippen molar-refractivity contribution < 1.29 is 18.7 Å². The molecule has 32 heavy (non-hydrogen) atoms. The van der Waals surface area contributed by atoms with Crippen LogP contribution in [0.25, 0.3) is 0 Å². The summed E-state index contributed by atoms with van der Waals surface area (Å²) in [6, 6.07) is 28.5. The van der Waals surface area contributed by atoms with Crippen LogP contribution in [0.3, 0.4) is 0 Å². The molecule has 160 valence electrons. The topological polar surface area (TPSA) is 64.3 Å². The van der Waals surface area contributed by atoms with Gasteiger partial charge < -0.3 is 13.9 Å². The quantitative estimate of drug-likeness (QED) is 0.160. The maximum atomic E-state index is 12.2. The molecule has 3 aromatic carbocycles. The van der Waals surface area contributed by atoms with Crippen molar-refractivity contribution in [2.75, 3.05) is 12.1 Å². The van der Waals surface area contributed by atoms with Gasteiger partial charge in [0.15, 0.2) is 11.5 Å². The first-order valence-electron chi connectivity index (χ1n) is 10.1. The van der Waals surface area contributed by atoms with Crippen molar-refractivity contribution in [1.29, 1.82) is 0 Å². The summed E-state index contributed by atoms with van der Waals surface area (Å²) in [5.74, 6) is 0.253. The Balaban J connectivity index is 1.55. The van der Waals surface area contributed by atoms with Gasteiger partial charge in [-0.05, 0) is 53.6 Å². The van der Waals surface area contributed by atoms with Crippen LogP contribution >= 0.6 is 0 Å². The number of nitrogens with zero attached hydrogens (tertiary/aromatic N) is 2. The van der Waals surface area contributed by atoms with Crippen molar-refractivity contribution in [3.05, 3.63) is 114 Å². The average molecular weight is 426 g/mol. The van der Waals surface area contributed by atoms with E-state index in [0.717, 1.165) is 16.8 Å². The fourth-order valence-corrected chi connectivity index (χ4v) is 3.09. The highest BCUT2D eigenvalue weighted by molar-refractivity contribution is 5.89. The molecular formula is C26H22N2O4. The van der Waals surface area contributed by atoms with Crippen molar-refractivity contribution in [1.82, 2.24) is 0 Å². The summed E-state index contributed by atoms with van der Waals surface area (Å²) in [6.45, 7) is 0.622. The summed E-state index contributed by atoms with van der Waals surface area (Å²) in [7, 11) is 1.52. The van der Waals surface area contributed by atoms with Crippen LogP contribution in [0, 0.1) is 0 Å². The lowest BCUT2D eigenvalue weighted by Gasteiger charge is -2.19. The molecule has 6 nitrogen and oxygen atoms in total. The van der Waals surface area contributed by atoms with E-state index >= 15 is 0 Å². The Bertz CT molecular complexity index is 1170. The second-order valence-corrected chi connectivity index (χ2v) is 6.90. The van der Waals surface area contributed by atoms with E-state index in [1.807, 2.05) is 59.6 Å². The van der Waals surface area contributed by atoms with Crippen molar-refractivity contribution in [3.8, 4) is 11.5 Å².